The van der Waals surface area contributed by atoms with Crippen LogP contribution in [-0.2, 0) is 20.9 Å². The molecule has 7 heteroatoms. The van der Waals surface area contributed by atoms with Crippen LogP contribution >= 0.6 is 11.8 Å². The van der Waals surface area contributed by atoms with Crippen LogP contribution in [-0.4, -0.2) is 34.6 Å². The van der Waals surface area contributed by atoms with Crippen molar-refractivity contribution in [2.45, 2.75) is 6.61 Å². The van der Waals surface area contributed by atoms with Crippen LogP contribution in [0.1, 0.15) is 5.56 Å². The average Bonchev–Trinajstić information content (AvgIpc) is 2.41. The lowest BCUT2D eigenvalue weighted by atomic mass is 10.2. The van der Waals surface area contributed by atoms with Crippen LogP contribution in [0.5, 0.6) is 0 Å². The molecule has 1 aromatic rings. The van der Waals surface area contributed by atoms with Gasteiger partial charge in [-0.1, -0.05) is 42.1 Å². The summed E-state index contributed by atoms with van der Waals surface area (Å²) in [6.07, 6.45) is -0.715. The number of carboxylic acids is 1. The molecule has 0 bridgehead atoms. The summed E-state index contributed by atoms with van der Waals surface area (Å²) in [5.74, 6) is -1.40. The Kier molecular flexibility index (Phi) is 6.45. The lowest BCUT2D eigenvalue weighted by Crippen LogP contribution is -2.29. The molecule has 19 heavy (non-hydrogen) atoms. The van der Waals surface area contributed by atoms with Gasteiger partial charge in [0.1, 0.15) is 6.61 Å². The normalized spacial score (nSPS) is 9.68. The van der Waals surface area contributed by atoms with Crippen molar-refractivity contribution in [3.8, 4) is 0 Å². The quantitative estimate of drug-likeness (QED) is 0.816. The highest BCUT2D eigenvalue weighted by molar-refractivity contribution is 8.14. The number of benzene rings is 1. The van der Waals surface area contributed by atoms with E-state index in [9.17, 15) is 14.4 Å². The largest absolute Gasteiger partial charge is 0.481 e. The van der Waals surface area contributed by atoms with E-state index in [2.05, 4.69) is 5.32 Å². The molecule has 0 radical (unpaired) electrons. The third-order valence-corrected chi connectivity index (χ3v) is 2.80. The maximum atomic E-state index is 11.2. The van der Waals surface area contributed by atoms with Crippen LogP contribution in [0.15, 0.2) is 30.3 Å². The Morgan fingerprint density at radius 1 is 1.21 bits per heavy atom. The summed E-state index contributed by atoms with van der Waals surface area (Å²) < 4.78 is 4.88. The van der Waals surface area contributed by atoms with Crippen molar-refractivity contribution in [1.29, 1.82) is 0 Å². The highest BCUT2D eigenvalue weighted by atomic mass is 32.2. The molecule has 0 aliphatic heterocycles. The number of carbonyl (C=O) groups is 3. The first-order valence-corrected chi connectivity index (χ1v) is 6.38. The van der Waals surface area contributed by atoms with Crippen molar-refractivity contribution in [2.24, 2.45) is 0 Å². The first-order valence-electron chi connectivity index (χ1n) is 5.40. The van der Waals surface area contributed by atoms with E-state index in [-0.39, 0.29) is 18.9 Å². The Balaban J connectivity index is 2.17. The fraction of sp³-hybridized carbons (Fsp3) is 0.250. The summed E-state index contributed by atoms with van der Waals surface area (Å²) in [5.41, 5.74) is 0.837. The second kappa shape index (κ2) is 8.15. The van der Waals surface area contributed by atoms with Crippen molar-refractivity contribution in [3.63, 3.8) is 0 Å². The number of thioether (sulfide) groups is 1. The van der Waals surface area contributed by atoms with Gasteiger partial charge in [-0.2, -0.15) is 0 Å². The van der Waals surface area contributed by atoms with Crippen LogP contribution in [0.25, 0.3) is 0 Å². The van der Waals surface area contributed by atoms with E-state index in [1.54, 1.807) is 12.1 Å². The van der Waals surface area contributed by atoms with E-state index in [1.807, 2.05) is 18.2 Å². The molecule has 0 aliphatic carbocycles. The van der Waals surface area contributed by atoms with Gasteiger partial charge in [0, 0.05) is 0 Å². The minimum Gasteiger partial charge on any atom is -0.481 e. The van der Waals surface area contributed by atoms with E-state index < -0.39 is 17.2 Å². The molecule has 0 aromatic heterocycles. The number of rotatable bonds is 6. The molecule has 0 fully saturated rings. The SMILES string of the molecule is O=C(O)CSC(=O)CNC(=O)OCc1ccccc1. The minimum absolute atomic E-state index is 0.114. The Morgan fingerprint density at radius 2 is 1.89 bits per heavy atom. The molecule has 1 rings (SSSR count). The van der Waals surface area contributed by atoms with Crippen LogP contribution in [0, 0.1) is 0 Å². The number of aliphatic carboxylic acids is 1. The van der Waals surface area contributed by atoms with Crippen molar-refractivity contribution in [1.82, 2.24) is 5.32 Å². The van der Waals surface area contributed by atoms with E-state index in [1.165, 1.54) is 0 Å². The molecule has 1 aromatic carbocycles. The fourth-order valence-electron chi connectivity index (χ4n) is 1.11. The van der Waals surface area contributed by atoms with E-state index in [0.29, 0.717) is 11.8 Å². The number of ether oxygens (including phenoxy) is 1. The Labute approximate surface area is 114 Å². The highest BCUT2D eigenvalue weighted by Gasteiger charge is 2.09. The van der Waals surface area contributed by atoms with Crippen LogP contribution in [0.2, 0.25) is 0 Å². The number of carboxylic acid groups (broad SMARTS) is 1. The van der Waals surface area contributed by atoms with Crippen molar-refractivity contribution in [2.75, 3.05) is 12.3 Å². The van der Waals surface area contributed by atoms with Crippen molar-refractivity contribution < 1.29 is 24.2 Å². The molecule has 0 unspecified atom stereocenters. The summed E-state index contributed by atoms with van der Waals surface area (Å²) in [5, 5.41) is 10.2. The Bertz CT molecular complexity index is 449. The standard InChI is InChI=1S/C12H13NO5S/c14-10(15)8-19-11(16)6-13-12(17)18-7-9-4-2-1-3-5-9/h1-5H,6-8H2,(H,13,17)(H,14,15). The van der Waals surface area contributed by atoms with Crippen LogP contribution in [0.3, 0.4) is 0 Å². The summed E-state index contributed by atoms with van der Waals surface area (Å²) in [6, 6.07) is 9.11. The first-order chi connectivity index (χ1) is 9.08. The predicted octanol–water partition coefficient (Wildman–Crippen LogP) is 1.26. The fourth-order valence-corrected chi connectivity index (χ4v) is 1.57. The summed E-state index contributed by atoms with van der Waals surface area (Å²) >= 11 is 0.632. The molecule has 0 saturated carbocycles. The molecule has 1 amide bonds. The van der Waals surface area contributed by atoms with Crippen LogP contribution in [0.4, 0.5) is 4.79 Å². The minimum atomic E-state index is -1.08. The first kappa shape index (κ1) is 15.0. The molecule has 0 atom stereocenters. The molecule has 6 nitrogen and oxygen atoms in total. The Hall–Kier alpha value is -2.02. The van der Waals surface area contributed by atoms with Crippen LogP contribution < -0.4 is 5.32 Å². The topological polar surface area (TPSA) is 92.7 Å². The van der Waals surface area contributed by atoms with Gasteiger partial charge in [-0.25, -0.2) is 4.79 Å². The zero-order valence-corrected chi connectivity index (χ0v) is 10.8. The van der Waals surface area contributed by atoms with Crippen molar-refractivity contribution in [3.05, 3.63) is 35.9 Å². The maximum Gasteiger partial charge on any atom is 0.407 e. The van der Waals surface area contributed by atoms with Gasteiger partial charge in [-0.3, -0.25) is 9.59 Å². The average molecular weight is 283 g/mol. The maximum absolute atomic E-state index is 11.2. The van der Waals surface area contributed by atoms with Gasteiger partial charge in [0.2, 0.25) is 5.12 Å². The Morgan fingerprint density at radius 3 is 2.53 bits per heavy atom. The molecule has 0 saturated heterocycles. The monoisotopic (exact) mass is 283 g/mol. The summed E-state index contributed by atoms with van der Waals surface area (Å²) in [7, 11) is 0. The van der Waals surface area contributed by atoms with Gasteiger partial charge in [-0.05, 0) is 5.56 Å². The van der Waals surface area contributed by atoms with Gasteiger partial charge in [-0.15, -0.1) is 0 Å². The number of hydrogen-bond acceptors (Lipinski definition) is 5. The van der Waals surface area contributed by atoms with E-state index in [4.69, 9.17) is 9.84 Å². The van der Waals surface area contributed by atoms with Crippen molar-refractivity contribution >= 4 is 28.9 Å². The molecular formula is C12H13NO5S. The molecular weight excluding hydrogens is 270 g/mol. The second-order valence-electron chi connectivity index (χ2n) is 3.47. The molecule has 102 valence electrons. The number of hydrogen-bond donors (Lipinski definition) is 2. The smallest absolute Gasteiger partial charge is 0.407 e. The van der Waals surface area contributed by atoms with E-state index >= 15 is 0 Å². The third kappa shape index (κ3) is 7.10. The summed E-state index contributed by atoms with van der Waals surface area (Å²) in [4.78, 5) is 32.6. The zero-order chi connectivity index (χ0) is 14.1. The molecule has 0 aliphatic rings. The number of alkyl carbamates (subject to hydrolysis) is 1. The number of carbonyl (C=O) groups excluding carboxylic acids is 2. The van der Waals surface area contributed by atoms with Gasteiger partial charge in [0.15, 0.2) is 0 Å². The highest BCUT2D eigenvalue weighted by Crippen LogP contribution is 2.02. The number of nitrogens with one attached hydrogen (secondary N) is 1. The lowest BCUT2D eigenvalue weighted by Gasteiger charge is -2.06. The van der Waals surface area contributed by atoms with Gasteiger partial charge < -0.3 is 15.2 Å². The molecule has 0 spiro atoms. The van der Waals surface area contributed by atoms with Gasteiger partial charge in [0.25, 0.3) is 0 Å². The molecule has 2 N–H and O–H groups in total. The molecule has 0 heterocycles. The second-order valence-corrected chi connectivity index (χ2v) is 4.50. The van der Waals surface area contributed by atoms with Gasteiger partial charge in [0.05, 0.1) is 12.3 Å². The van der Waals surface area contributed by atoms with E-state index in [0.717, 1.165) is 5.56 Å². The lowest BCUT2D eigenvalue weighted by molar-refractivity contribution is -0.134. The number of amides is 1. The van der Waals surface area contributed by atoms with Gasteiger partial charge >= 0.3 is 12.1 Å². The predicted molar refractivity (Wildman–Crippen MR) is 69.7 cm³/mol. The third-order valence-electron chi connectivity index (χ3n) is 1.95. The zero-order valence-electron chi connectivity index (χ0n) is 10.00. The summed E-state index contributed by atoms with van der Waals surface area (Å²) in [6.45, 7) is -0.144.